The number of nitrogens with one attached hydrogen (secondary N) is 3. The van der Waals surface area contributed by atoms with Crippen molar-refractivity contribution in [3.63, 3.8) is 0 Å². The number of benzene rings is 1. The van der Waals surface area contributed by atoms with Crippen molar-refractivity contribution in [1.82, 2.24) is 20.3 Å². The summed E-state index contributed by atoms with van der Waals surface area (Å²) in [5.74, 6) is -0.868. The molecule has 0 radical (unpaired) electrons. The molecule has 0 aliphatic carbocycles. The molecule has 1 aliphatic heterocycles. The van der Waals surface area contributed by atoms with Crippen molar-refractivity contribution in [2.24, 2.45) is 5.92 Å². The van der Waals surface area contributed by atoms with E-state index in [1.807, 2.05) is 13.8 Å². The number of nitrogens with zero attached hydrogens (tertiary/aromatic N) is 1. The Kier molecular flexibility index (Phi) is 9.93. The second kappa shape index (κ2) is 12.2. The summed E-state index contributed by atoms with van der Waals surface area (Å²) in [6, 6.07) is 4.38. The quantitative estimate of drug-likeness (QED) is 0.556. The van der Waals surface area contributed by atoms with Gasteiger partial charge < -0.3 is 20.3 Å². The second-order valence-corrected chi connectivity index (χ2v) is 10.5. The maximum absolute atomic E-state index is 12.7. The van der Waals surface area contributed by atoms with E-state index in [4.69, 9.17) is 16.3 Å². The molecule has 0 spiro atoms. The summed E-state index contributed by atoms with van der Waals surface area (Å²) in [5, 5.41) is 6.08. The van der Waals surface area contributed by atoms with Gasteiger partial charge in [0.2, 0.25) is 21.8 Å². The Morgan fingerprint density at radius 1 is 1.30 bits per heavy atom. The van der Waals surface area contributed by atoms with Crippen LogP contribution in [-0.2, 0) is 19.6 Å². The van der Waals surface area contributed by atoms with Crippen molar-refractivity contribution < 1.29 is 27.5 Å². The topological polar surface area (TPSA) is 134 Å². The highest BCUT2D eigenvalue weighted by molar-refractivity contribution is 7.88. The van der Waals surface area contributed by atoms with Gasteiger partial charge in [-0.05, 0) is 37.0 Å². The molecule has 0 saturated heterocycles. The number of ether oxygens (including phenoxy) is 1. The van der Waals surface area contributed by atoms with Crippen LogP contribution in [0.5, 0.6) is 5.75 Å². The van der Waals surface area contributed by atoms with Crippen molar-refractivity contribution in [2.75, 3.05) is 39.0 Å². The fraction of sp³-hybridized carbons (Fsp3) is 0.571. The first-order valence-electron chi connectivity index (χ1n) is 10.7. The van der Waals surface area contributed by atoms with E-state index in [2.05, 4.69) is 15.4 Å². The average Bonchev–Trinajstić information content (AvgIpc) is 2.73. The predicted molar refractivity (Wildman–Crippen MR) is 125 cm³/mol. The molecule has 1 aliphatic rings. The Bertz CT molecular complexity index is 970. The zero-order valence-electron chi connectivity index (χ0n) is 19.0. The van der Waals surface area contributed by atoms with Crippen molar-refractivity contribution in [3.05, 3.63) is 28.8 Å². The lowest BCUT2D eigenvalue weighted by molar-refractivity contribution is -0.135. The van der Waals surface area contributed by atoms with Crippen LogP contribution >= 0.6 is 11.6 Å². The number of sulfonamides is 1. The molecule has 0 aromatic heterocycles. The molecule has 0 fully saturated rings. The minimum Gasteiger partial charge on any atom is -0.491 e. The standard InChI is InChI=1S/C21H31ClN4O6S/c1-14(2)17-13-32-18-7-6-15(22)10-16(18)21(29)23-8-4-5-9-26(12-19(27)25-17)20(28)11-24-33(3,30)31/h6-7,10,14,17,24H,4-5,8-9,11-13H2,1-3H3,(H,23,29)(H,25,27)/t17-/m0/s1. The van der Waals surface area contributed by atoms with E-state index in [1.54, 1.807) is 12.1 Å². The number of halogens is 1. The zero-order valence-corrected chi connectivity index (χ0v) is 20.6. The maximum atomic E-state index is 12.7. The largest absolute Gasteiger partial charge is 0.491 e. The lowest BCUT2D eigenvalue weighted by atomic mass is 10.1. The van der Waals surface area contributed by atoms with Gasteiger partial charge in [-0.2, -0.15) is 0 Å². The maximum Gasteiger partial charge on any atom is 0.255 e. The van der Waals surface area contributed by atoms with E-state index in [0.717, 1.165) is 6.26 Å². The van der Waals surface area contributed by atoms with Gasteiger partial charge in [0.1, 0.15) is 12.4 Å². The first-order chi connectivity index (χ1) is 15.5. The molecule has 10 nitrogen and oxygen atoms in total. The van der Waals surface area contributed by atoms with Crippen molar-refractivity contribution in [2.45, 2.75) is 32.7 Å². The summed E-state index contributed by atoms with van der Waals surface area (Å²) in [6.07, 6.45) is 2.01. The molecule has 184 valence electrons. The second-order valence-electron chi connectivity index (χ2n) is 8.24. The molecule has 0 bridgehead atoms. The Balaban J connectivity index is 2.21. The number of amides is 3. The van der Waals surface area contributed by atoms with Gasteiger partial charge in [0.15, 0.2) is 0 Å². The van der Waals surface area contributed by atoms with Gasteiger partial charge in [-0.1, -0.05) is 25.4 Å². The number of hydrogen-bond acceptors (Lipinski definition) is 6. The van der Waals surface area contributed by atoms with Crippen LogP contribution < -0.4 is 20.1 Å². The third kappa shape index (κ3) is 9.18. The van der Waals surface area contributed by atoms with E-state index in [1.165, 1.54) is 11.0 Å². The van der Waals surface area contributed by atoms with Gasteiger partial charge in [0.25, 0.3) is 5.91 Å². The Morgan fingerprint density at radius 3 is 2.70 bits per heavy atom. The fourth-order valence-corrected chi connectivity index (χ4v) is 3.69. The first kappa shape index (κ1) is 26.9. The first-order valence-corrected chi connectivity index (χ1v) is 13.0. The molecule has 3 N–H and O–H groups in total. The van der Waals surface area contributed by atoms with Gasteiger partial charge in [0, 0.05) is 18.1 Å². The number of carbonyl (C=O) groups is 3. The summed E-state index contributed by atoms with van der Waals surface area (Å²) >= 11 is 6.06. The molecule has 33 heavy (non-hydrogen) atoms. The highest BCUT2D eigenvalue weighted by Crippen LogP contribution is 2.23. The van der Waals surface area contributed by atoms with Crippen molar-refractivity contribution >= 4 is 39.3 Å². The van der Waals surface area contributed by atoms with E-state index < -0.39 is 22.5 Å². The van der Waals surface area contributed by atoms with Crippen LogP contribution in [0.4, 0.5) is 0 Å². The normalized spacial score (nSPS) is 18.9. The molecule has 1 aromatic carbocycles. The molecular weight excluding hydrogens is 472 g/mol. The highest BCUT2D eigenvalue weighted by atomic mass is 35.5. The summed E-state index contributed by atoms with van der Waals surface area (Å²) in [5.41, 5.74) is 0.301. The molecule has 0 unspecified atom stereocenters. The van der Waals surface area contributed by atoms with Crippen molar-refractivity contribution in [1.29, 1.82) is 0 Å². The summed E-state index contributed by atoms with van der Waals surface area (Å²) in [7, 11) is -3.55. The van der Waals surface area contributed by atoms with Crippen LogP contribution in [-0.4, -0.2) is 76.1 Å². The van der Waals surface area contributed by atoms with E-state index in [-0.39, 0.29) is 43.5 Å². The SMILES string of the molecule is CC(C)[C@@H]1COc2ccc(Cl)cc2C(=O)NCCCCN(C(=O)CNS(C)(=O)=O)CC(=O)N1. The molecule has 3 amide bonds. The van der Waals surface area contributed by atoms with Crippen LogP contribution in [0.1, 0.15) is 37.0 Å². The minimum atomic E-state index is -3.55. The number of fused-ring (bicyclic) bond motifs is 1. The highest BCUT2D eigenvalue weighted by Gasteiger charge is 2.23. The van der Waals surface area contributed by atoms with Crippen molar-refractivity contribution in [3.8, 4) is 5.75 Å². The average molecular weight is 503 g/mol. The molecule has 1 aromatic rings. The van der Waals surface area contributed by atoms with Gasteiger partial charge in [-0.3, -0.25) is 14.4 Å². The lowest BCUT2D eigenvalue weighted by Gasteiger charge is -2.26. The molecule has 1 atom stereocenters. The molecule has 2 rings (SSSR count). The lowest BCUT2D eigenvalue weighted by Crippen LogP contribution is -2.49. The van der Waals surface area contributed by atoms with E-state index >= 15 is 0 Å². The van der Waals surface area contributed by atoms with Crippen LogP contribution in [0.15, 0.2) is 18.2 Å². The van der Waals surface area contributed by atoms with E-state index in [9.17, 15) is 22.8 Å². The van der Waals surface area contributed by atoms with Crippen LogP contribution in [0, 0.1) is 5.92 Å². The monoisotopic (exact) mass is 502 g/mol. The third-order valence-electron chi connectivity index (χ3n) is 5.07. The summed E-state index contributed by atoms with van der Waals surface area (Å²) < 4.78 is 30.7. The third-order valence-corrected chi connectivity index (χ3v) is 5.97. The van der Waals surface area contributed by atoms with Crippen LogP contribution in [0.3, 0.4) is 0 Å². The Hall–Kier alpha value is -2.37. The van der Waals surface area contributed by atoms with E-state index in [0.29, 0.717) is 35.7 Å². The number of rotatable bonds is 4. The minimum absolute atomic E-state index is 0.00487. The predicted octanol–water partition coefficient (Wildman–Crippen LogP) is 0.761. The Labute approximate surface area is 199 Å². The van der Waals surface area contributed by atoms with Gasteiger partial charge in [-0.25, -0.2) is 13.1 Å². The Morgan fingerprint density at radius 2 is 2.03 bits per heavy atom. The smallest absolute Gasteiger partial charge is 0.255 e. The van der Waals surface area contributed by atoms with Gasteiger partial charge in [0.05, 0.1) is 31.0 Å². The number of carbonyl (C=O) groups excluding carboxylic acids is 3. The summed E-state index contributed by atoms with van der Waals surface area (Å²) in [6.45, 7) is 3.86. The molecule has 1 heterocycles. The molecule has 0 saturated carbocycles. The van der Waals surface area contributed by atoms with Gasteiger partial charge in [-0.15, -0.1) is 0 Å². The number of hydrogen-bond donors (Lipinski definition) is 3. The molecular formula is C21H31ClN4O6S. The van der Waals surface area contributed by atoms with Crippen LogP contribution in [0.25, 0.3) is 0 Å². The molecule has 12 heteroatoms. The zero-order chi connectivity index (χ0) is 24.6. The fourth-order valence-electron chi connectivity index (χ4n) is 3.13. The van der Waals surface area contributed by atoms with Crippen LogP contribution in [0.2, 0.25) is 5.02 Å². The van der Waals surface area contributed by atoms with Gasteiger partial charge >= 0.3 is 0 Å². The summed E-state index contributed by atoms with van der Waals surface area (Å²) in [4.78, 5) is 39.2.